The van der Waals surface area contributed by atoms with Crippen LogP contribution in [0, 0.1) is 5.92 Å². The summed E-state index contributed by atoms with van der Waals surface area (Å²) in [4.78, 5) is 21.3. The van der Waals surface area contributed by atoms with Crippen molar-refractivity contribution < 1.29 is 9.59 Å². The molecule has 1 rings (SSSR count). The molecule has 2 nitrogen and oxygen atoms in total. The monoisotopic (exact) mass is 204 g/mol. The summed E-state index contributed by atoms with van der Waals surface area (Å²) in [6.45, 7) is 0. The van der Waals surface area contributed by atoms with Gasteiger partial charge in [0.1, 0.15) is 6.29 Å². The van der Waals surface area contributed by atoms with Gasteiger partial charge in [-0.1, -0.05) is 22.4 Å². The second-order valence-electron chi connectivity index (χ2n) is 2.54. The molecule has 0 N–H and O–H groups in total. The summed E-state index contributed by atoms with van der Waals surface area (Å²) in [6, 6.07) is 0. The van der Waals surface area contributed by atoms with E-state index in [1.54, 1.807) is 0 Å². The van der Waals surface area contributed by atoms with Gasteiger partial charge in [0.05, 0.1) is 10.7 Å². The van der Waals surface area contributed by atoms with Gasteiger partial charge in [-0.15, -0.1) is 0 Å². The zero-order valence-electron chi connectivity index (χ0n) is 5.55. The quantitative estimate of drug-likeness (QED) is 0.367. The maximum absolute atomic E-state index is 11.1. The second kappa shape index (κ2) is 3.28. The minimum absolute atomic E-state index is 0.0567. The minimum Gasteiger partial charge on any atom is -0.303 e. The predicted molar refractivity (Wildman–Crippen MR) is 41.1 cm³/mol. The molecule has 0 saturated heterocycles. The lowest BCUT2D eigenvalue weighted by Gasteiger charge is -2.19. The standard InChI is InChI=1S/C7H9BrO2/c8-6-3-1-2-5(4-9)7(6)10/h4-6H,1-3H2. The Morgan fingerprint density at radius 1 is 1.50 bits per heavy atom. The van der Waals surface area contributed by atoms with Gasteiger partial charge in [0.25, 0.3) is 0 Å². The number of halogens is 1. The molecule has 0 radical (unpaired) electrons. The molecule has 0 heterocycles. The van der Waals surface area contributed by atoms with Gasteiger partial charge in [-0.25, -0.2) is 0 Å². The van der Waals surface area contributed by atoms with Crippen molar-refractivity contribution in [3.63, 3.8) is 0 Å². The van der Waals surface area contributed by atoms with Crippen molar-refractivity contribution >= 4 is 28.0 Å². The van der Waals surface area contributed by atoms with E-state index in [0.29, 0.717) is 0 Å². The Balaban J connectivity index is 2.59. The first-order valence-corrected chi connectivity index (χ1v) is 4.30. The fourth-order valence-electron chi connectivity index (χ4n) is 1.17. The first-order valence-electron chi connectivity index (χ1n) is 3.39. The van der Waals surface area contributed by atoms with Crippen molar-refractivity contribution in [1.29, 1.82) is 0 Å². The highest BCUT2D eigenvalue weighted by Crippen LogP contribution is 2.24. The molecule has 3 heteroatoms. The van der Waals surface area contributed by atoms with Crippen LogP contribution in [0.15, 0.2) is 0 Å². The van der Waals surface area contributed by atoms with Gasteiger partial charge in [-0.3, -0.25) is 4.79 Å². The van der Waals surface area contributed by atoms with Crippen LogP contribution >= 0.6 is 15.9 Å². The van der Waals surface area contributed by atoms with Gasteiger partial charge >= 0.3 is 0 Å². The number of hydrogen-bond acceptors (Lipinski definition) is 2. The van der Waals surface area contributed by atoms with Crippen LogP contribution in [-0.2, 0) is 9.59 Å². The maximum Gasteiger partial charge on any atom is 0.156 e. The van der Waals surface area contributed by atoms with Crippen molar-refractivity contribution in [2.24, 2.45) is 5.92 Å². The third-order valence-electron chi connectivity index (χ3n) is 1.81. The Kier molecular flexibility index (Phi) is 2.60. The average molecular weight is 205 g/mol. The first kappa shape index (κ1) is 7.92. The average Bonchev–Trinajstić information content (AvgIpc) is 1.95. The SMILES string of the molecule is O=CC1CCCC(Br)C1=O. The van der Waals surface area contributed by atoms with Crippen molar-refractivity contribution in [1.82, 2.24) is 0 Å². The van der Waals surface area contributed by atoms with Crippen LogP contribution in [0.4, 0.5) is 0 Å². The van der Waals surface area contributed by atoms with E-state index in [-0.39, 0.29) is 16.5 Å². The van der Waals surface area contributed by atoms with Gasteiger partial charge in [-0.2, -0.15) is 0 Å². The largest absolute Gasteiger partial charge is 0.303 e. The van der Waals surface area contributed by atoms with Crippen molar-refractivity contribution in [2.75, 3.05) is 0 Å². The zero-order valence-corrected chi connectivity index (χ0v) is 7.13. The topological polar surface area (TPSA) is 34.1 Å². The van der Waals surface area contributed by atoms with Crippen molar-refractivity contribution in [2.45, 2.75) is 24.1 Å². The van der Waals surface area contributed by atoms with Gasteiger partial charge < -0.3 is 4.79 Å². The van der Waals surface area contributed by atoms with Gasteiger partial charge in [0.15, 0.2) is 5.78 Å². The van der Waals surface area contributed by atoms with Gasteiger partial charge in [0.2, 0.25) is 0 Å². The van der Waals surface area contributed by atoms with E-state index < -0.39 is 0 Å². The maximum atomic E-state index is 11.1. The molecule has 1 saturated carbocycles. The van der Waals surface area contributed by atoms with Crippen LogP contribution in [0.3, 0.4) is 0 Å². The smallest absolute Gasteiger partial charge is 0.156 e. The molecule has 0 aromatic carbocycles. The Hall–Kier alpha value is -0.180. The van der Waals surface area contributed by atoms with Gasteiger partial charge in [0, 0.05) is 0 Å². The van der Waals surface area contributed by atoms with E-state index in [2.05, 4.69) is 15.9 Å². The molecule has 0 amide bonds. The van der Waals surface area contributed by atoms with Crippen molar-refractivity contribution in [3.8, 4) is 0 Å². The lowest BCUT2D eigenvalue weighted by Crippen LogP contribution is -2.29. The third-order valence-corrected chi connectivity index (χ3v) is 2.72. The van der Waals surface area contributed by atoms with Crippen LogP contribution < -0.4 is 0 Å². The molecule has 1 aliphatic carbocycles. The minimum atomic E-state index is -0.335. The molecule has 2 atom stereocenters. The summed E-state index contributed by atoms with van der Waals surface area (Å²) in [5.41, 5.74) is 0. The molecule has 2 unspecified atom stereocenters. The molecule has 56 valence electrons. The molecular weight excluding hydrogens is 196 g/mol. The number of rotatable bonds is 1. The zero-order chi connectivity index (χ0) is 7.56. The normalized spacial score (nSPS) is 33.9. The van der Waals surface area contributed by atoms with E-state index in [0.717, 1.165) is 25.5 Å². The molecular formula is C7H9BrO2. The summed E-state index contributed by atoms with van der Waals surface area (Å²) in [6.07, 6.45) is 3.36. The molecule has 0 aromatic heterocycles. The number of ketones is 1. The Morgan fingerprint density at radius 3 is 2.70 bits per heavy atom. The van der Waals surface area contributed by atoms with E-state index in [4.69, 9.17) is 0 Å². The first-order chi connectivity index (χ1) is 4.75. The van der Waals surface area contributed by atoms with Crippen LogP contribution in [0.1, 0.15) is 19.3 Å². The van der Waals surface area contributed by atoms with E-state index in [9.17, 15) is 9.59 Å². The molecule has 0 bridgehead atoms. The third kappa shape index (κ3) is 1.45. The second-order valence-corrected chi connectivity index (χ2v) is 3.65. The molecule has 10 heavy (non-hydrogen) atoms. The Bertz CT molecular complexity index is 156. The summed E-state index contributed by atoms with van der Waals surface area (Å²) in [5, 5.41) is 0. The molecule has 0 aromatic rings. The van der Waals surface area contributed by atoms with Gasteiger partial charge in [-0.05, 0) is 12.8 Å². The van der Waals surface area contributed by atoms with Crippen LogP contribution in [0.2, 0.25) is 0 Å². The number of carbonyl (C=O) groups is 2. The van der Waals surface area contributed by atoms with E-state index in [1.807, 2.05) is 0 Å². The fourth-order valence-corrected chi connectivity index (χ4v) is 1.83. The number of aldehydes is 1. The van der Waals surface area contributed by atoms with E-state index in [1.165, 1.54) is 0 Å². The highest BCUT2D eigenvalue weighted by molar-refractivity contribution is 9.10. The molecule has 1 fully saturated rings. The van der Waals surface area contributed by atoms with Crippen molar-refractivity contribution in [3.05, 3.63) is 0 Å². The fraction of sp³-hybridized carbons (Fsp3) is 0.714. The lowest BCUT2D eigenvalue weighted by atomic mass is 9.89. The number of alkyl halides is 1. The number of carbonyl (C=O) groups excluding carboxylic acids is 2. The summed E-state index contributed by atoms with van der Waals surface area (Å²) < 4.78 is 0. The lowest BCUT2D eigenvalue weighted by molar-refractivity contribution is -0.128. The van der Waals surface area contributed by atoms with Crippen LogP contribution in [-0.4, -0.2) is 16.9 Å². The van der Waals surface area contributed by atoms with Crippen LogP contribution in [0.5, 0.6) is 0 Å². The highest BCUT2D eigenvalue weighted by atomic mass is 79.9. The molecule has 0 spiro atoms. The predicted octanol–water partition coefficient (Wildman–Crippen LogP) is 1.32. The Morgan fingerprint density at radius 2 is 2.20 bits per heavy atom. The summed E-state index contributed by atoms with van der Waals surface area (Å²) in [5.74, 6) is -0.278. The Labute approximate surface area is 68.1 Å². The summed E-state index contributed by atoms with van der Waals surface area (Å²) in [7, 11) is 0. The van der Waals surface area contributed by atoms with Crippen LogP contribution in [0.25, 0.3) is 0 Å². The molecule has 1 aliphatic rings. The summed E-state index contributed by atoms with van der Waals surface area (Å²) >= 11 is 3.23. The number of hydrogen-bond donors (Lipinski definition) is 0. The molecule has 0 aliphatic heterocycles. The number of Topliss-reactive ketones (excluding diaryl/α,β-unsaturated/α-hetero) is 1. The van der Waals surface area contributed by atoms with E-state index >= 15 is 0 Å². The highest BCUT2D eigenvalue weighted by Gasteiger charge is 2.28.